The summed E-state index contributed by atoms with van der Waals surface area (Å²) >= 11 is 3.88. The smallest absolute Gasteiger partial charge is 0.221 e. The van der Waals surface area contributed by atoms with Crippen LogP contribution in [0.5, 0.6) is 0 Å². The van der Waals surface area contributed by atoms with Gasteiger partial charge in [-0.15, -0.1) is 0 Å². The Morgan fingerprint density at radius 2 is 2.22 bits per heavy atom. The summed E-state index contributed by atoms with van der Waals surface area (Å²) in [7, 11) is 0. The van der Waals surface area contributed by atoms with Crippen molar-refractivity contribution in [2.75, 3.05) is 17.3 Å². The van der Waals surface area contributed by atoms with Crippen molar-refractivity contribution in [3.05, 3.63) is 48.5 Å². The highest BCUT2D eigenvalue weighted by atomic mass is 32.2. The van der Waals surface area contributed by atoms with Crippen LogP contribution in [0.4, 0.5) is 0 Å². The standard InChI is InChI=1S/C17H21N3OS2/c1-13(19-17(21)10-16-11-22-8-9-23-16)14-2-4-15(5-3-14)20-7-6-18-12-20/h2-7,12-13,16H,8-11H2,1H3,(H,19,21)/t13-,16-/m1/s1. The predicted molar refractivity (Wildman–Crippen MR) is 98.3 cm³/mol. The highest BCUT2D eigenvalue weighted by Gasteiger charge is 2.19. The maximum Gasteiger partial charge on any atom is 0.221 e. The first-order valence-corrected chi connectivity index (χ1v) is 10.00. The van der Waals surface area contributed by atoms with Crippen molar-refractivity contribution in [2.45, 2.75) is 24.6 Å². The summed E-state index contributed by atoms with van der Waals surface area (Å²) in [5.41, 5.74) is 2.19. The van der Waals surface area contributed by atoms with Crippen molar-refractivity contribution in [1.82, 2.24) is 14.9 Å². The van der Waals surface area contributed by atoms with Crippen LogP contribution in [0.15, 0.2) is 43.0 Å². The molecule has 1 aliphatic rings. The van der Waals surface area contributed by atoms with E-state index in [-0.39, 0.29) is 11.9 Å². The molecule has 122 valence electrons. The van der Waals surface area contributed by atoms with E-state index in [1.165, 1.54) is 5.75 Å². The van der Waals surface area contributed by atoms with E-state index in [0.717, 1.165) is 22.8 Å². The fourth-order valence-corrected chi connectivity index (χ4v) is 5.27. The van der Waals surface area contributed by atoms with Crippen LogP contribution >= 0.6 is 23.5 Å². The Hall–Kier alpha value is -1.40. The number of nitrogens with zero attached hydrogens (tertiary/aromatic N) is 2. The second-order valence-corrected chi connectivity index (χ2v) is 8.18. The molecule has 0 aliphatic carbocycles. The van der Waals surface area contributed by atoms with E-state index in [9.17, 15) is 4.79 Å². The van der Waals surface area contributed by atoms with Crippen molar-refractivity contribution < 1.29 is 4.79 Å². The number of hydrogen-bond acceptors (Lipinski definition) is 4. The predicted octanol–water partition coefficient (Wildman–Crippen LogP) is 3.29. The summed E-state index contributed by atoms with van der Waals surface area (Å²) in [5.74, 6) is 3.61. The summed E-state index contributed by atoms with van der Waals surface area (Å²) in [6, 6.07) is 8.25. The first kappa shape index (κ1) is 16.5. The number of carbonyl (C=O) groups excluding carboxylic acids is 1. The van der Waals surface area contributed by atoms with Crippen LogP contribution < -0.4 is 5.32 Å². The third-order valence-corrected chi connectivity index (χ3v) is 6.72. The molecular weight excluding hydrogens is 326 g/mol. The van der Waals surface area contributed by atoms with Crippen LogP contribution in [0.2, 0.25) is 0 Å². The maximum absolute atomic E-state index is 12.2. The molecule has 3 rings (SSSR count). The molecule has 0 radical (unpaired) electrons. The first-order chi connectivity index (χ1) is 11.2. The van der Waals surface area contributed by atoms with Crippen LogP contribution in [0.25, 0.3) is 5.69 Å². The van der Waals surface area contributed by atoms with Gasteiger partial charge < -0.3 is 9.88 Å². The molecule has 0 spiro atoms. The minimum atomic E-state index is 0.0283. The van der Waals surface area contributed by atoms with Crippen LogP contribution in [-0.2, 0) is 4.79 Å². The molecule has 2 atom stereocenters. The van der Waals surface area contributed by atoms with E-state index in [0.29, 0.717) is 11.7 Å². The number of carbonyl (C=O) groups is 1. The molecule has 1 aromatic carbocycles. The average molecular weight is 348 g/mol. The highest BCUT2D eigenvalue weighted by Crippen LogP contribution is 2.26. The van der Waals surface area contributed by atoms with Gasteiger partial charge in [-0.05, 0) is 24.6 Å². The lowest BCUT2D eigenvalue weighted by atomic mass is 10.1. The van der Waals surface area contributed by atoms with E-state index in [2.05, 4.69) is 22.4 Å². The van der Waals surface area contributed by atoms with E-state index < -0.39 is 0 Å². The summed E-state index contributed by atoms with van der Waals surface area (Å²) in [4.78, 5) is 16.3. The quantitative estimate of drug-likeness (QED) is 0.902. The van der Waals surface area contributed by atoms with Gasteiger partial charge in [0.25, 0.3) is 0 Å². The van der Waals surface area contributed by atoms with Gasteiger partial charge in [-0.2, -0.15) is 23.5 Å². The topological polar surface area (TPSA) is 46.9 Å². The van der Waals surface area contributed by atoms with Gasteiger partial charge in [-0.1, -0.05) is 12.1 Å². The number of aromatic nitrogens is 2. The van der Waals surface area contributed by atoms with Crippen molar-refractivity contribution in [2.24, 2.45) is 0 Å². The minimum absolute atomic E-state index is 0.0283. The first-order valence-electron chi connectivity index (χ1n) is 7.79. The fraction of sp³-hybridized carbons (Fsp3) is 0.412. The van der Waals surface area contributed by atoms with Crippen LogP contribution in [0.3, 0.4) is 0 Å². The Balaban J connectivity index is 1.55. The van der Waals surface area contributed by atoms with E-state index in [1.54, 1.807) is 12.5 Å². The van der Waals surface area contributed by atoms with Gasteiger partial charge in [0.05, 0.1) is 12.4 Å². The summed E-state index contributed by atoms with van der Waals surface area (Å²) in [6.07, 6.45) is 6.08. The van der Waals surface area contributed by atoms with Gasteiger partial charge in [-0.3, -0.25) is 4.79 Å². The molecule has 1 saturated heterocycles. The average Bonchev–Trinajstić information content (AvgIpc) is 3.10. The lowest BCUT2D eigenvalue weighted by Crippen LogP contribution is -2.30. The molecule has 1 amide bonds. The molecule has 0 bridgehead atoms. The monoisotopic (exact) mass is 347 g/mol. The van der Waals surface area contributed by atoms with E-state index in [4.69, 9.17) is 0 Å². The van der Waals surface area contributed by atoms with Crippen molar-refractivity contribution in [1.29, 1.82) is 0 Å². The Morgan fingerprint density at radius 3 is 2.87 bits per heavy atom. The molecule has 1 N–H and O–H groups in total. The maximum atomic E-state index is 12.2. The SMILES string of the molecule is C[C@@H](NC(=O)C[C@@H]1CSCCS1)c1ccc(-n2ccnc2)cc1. The number of nitrogens with one attached hydrogen (secondary N) is 1. The largest absolute Gasteiger partial charge is 0.350 e. The van der Waals surface area contributed by atoms with Gasteiger partial charge in [0.15, 0.2) is 0 Å². The normalized spacial score (nSPS) is 19.3. The molecule has 0 saturated carbocycles. The number of imidazole rings is 1. The molecule has 2 aromatic rings. The Bertz CT molecular complexity index is 622. The van der Waals surface area contributed by atoms with Crippen molar-refractivity contribution in [3.8, 4) is 5.69 Å². The lowest BCUT2D eigenvalue weighted by molar-refractivity contribution is -0.121. The van der Waals surface area contributed by atoms with Crippen LogP contribution in [0.1, 0.15) is 24.9 Å². The summed E-state index contributed by atoms with van der Waals surface area (Å²) in [6.45, 7) is 2.03. The van der Waals surface area contributed by atoms with Gasteiger partial charge in [0.1, 0.15) is 0 Å². The van der Waals surface area contributed by atoms with Crippen LogP contribution in [-0.4, -0.2) is 38.0 Å². The minimum Gasteiger partial charge on any atom is -0.350 e. The second-order valence-electron chi connectivity index (χ2n) is 5.62. The van der Waals surface area contributed by atoms with Gasteiger partial charge >= 0.3 is 0 Å². The highest BCUT2D eigenvalue weighted by molar-refractivity contribution is 8.06. The third kappa shape index (κ3) is 4.54. The Morgan fingerprint density at radius 1 is 1.39 bits per heavy atom. The summed E-state index contributed by atoms with van der Waals surface area (Å²) < 4.78 is 1.96. The fourth-order valence-electron chi connectivity index (χ4n) is 2.59. The van der Waals surface area contributed by atoms with Crippen LogP contribution in [0, 0.1) is 0 Å². The second kappa shape index (κ2) is 7.93. The number of benzene rings is 1. The molecule has 1 aromatic heterocycles. The zero-order chi connectivity index (χ0) is 16.1. The summed E-state index contributed by atoms with van der Waals surface area (Å²) in [5, 5.41) is 3.58. The zero-order valence-corrected chi connectivity index (χ0v) is 14.8. The van der Waals surface area contributed by atoms with Crippen molar-refractivity contribution in [3.63, 3.8) is 0 Å². The van der Waals surface area contributed by atoms with E-state index in [1.807, 2.05) is 53.3 Å². The molecule has 4 nitrogen and oxygen atoms in total. The molecule has 1 fully saturated rings. The molecule has 23 heavy (non-hydrogen) atoms. The molecule has 2 heterocycles. The molecule has 6 heteroatoms. The number of amides is 1. The van der Waals surface area contributed by atoms with Gasteiger partial charge in [0, 0.05) is 47.0 Å². The van der Waals surface area contributed by atoms with Gasteiger partial charge in [-0.25, -0.2) is 4.98 Å². The Kier molecular flexibility index (Phi) is 5.67. The number of rotatable bonds is 5. The Labute approximate surface area is 145 Å². The lowest BCUT2D eigenvalue weighted by Gasteiger charge is -2.22. The molecule has 0 unspecified atom stereocenters. The van der Waals surface area contributed by atoms with E-state index >= 15 is 0 Å². The molecule has 1 aliphatic heterocycles. The van der Waals surface area contributed by atoms with Crippen molar-refractivity contribution >= 4 is 29.4 Å². The third-order valence-electron chi connectivity index (χ3n) is 3.87. The zero-order valence-electron chi connectivity index (χ0n) is 13.1. The number of hydrogen-bond donors (Lipinski definition) is 1. The molecular formula is C17H21N3OS2. The number of thioether (sulfide) groups is 2. The van der Waals surface area contributed by atoms with Gasteiger partial charge in [0.2, 0.25) is 5.91 Å².